The minimum Gasteiger partial charge on any atom is -0.370 e. The maximum absolute atomic E-state index is 11.6. The Balaban J connectivity index is 2.03. The second-order valence-electron chi connectivity index (χ2n) is 4.21. The quantitative estimate of drug-likeness (QED) is 0.787. The van der Waals surface area contributed by atoms with Gasteiger partial charge in [0.15, 0.2) is 5.96 Å². The highest BCUT2D eigenvalue weighted by Gasteiger charge is 2.37. The summed E-state index contributed by atoms with van der Waals surface area (Å²) in [5, 5.41) is 2.53. The lowest BCUT2D eigenvalue weighted by molar-refractivity contribution is -0.123. The van der Waals surface area contributed by atoms with E-state index in [0.717, 1.165) is 6.42 Å². The van der Waals surface area contributed by atoms with Gasteiger partial charge >= 0.3 is 0 Å². The number of nitrogens with two attached hydrogens (primary N) is 1. The molecule has 1 aromatic rings. The van der Waals surface area contributed by atoms with Crippen LogP contribution in [-0.2, 0) is 11.2 Å². The van der Waals surface area contributed by atoms with Crippen molar-refractivity contribution in [2.45, 2.75) is 25.3 Å². The molecule has 16 heavy (non-hydrogen) atoms. The molecule has 1 unspecified atom stereocenters. The average Bonchev–Trinajstić information content (AvgIpc) is 2.52. The van der Waals surface area contributed by atoms with Gasteiger partial charge in [-0.2, -0.15) is 0 Å². The number of rotatable bonds is 3. The zero-order chi connectivity index (χ0) is 11.6. The Kier molecular flexibility index (Phi) is 2.64. The Morgan fingerprint density at radius 3 is 2.62 bits per heavy atom. The minimum atomic E-state index is -0.708. The number of nitrogens with one attached hydrogen (secondary N) is 1. The number of benzene rings is 1. The summed E-state index contributed by atoms with van der Waals surface area (Å²) in [4.78, 5) is 15.8. The highest BCUT2D eigenvalue weighted by Crippen LogP contribution is 2.21. The van der Waals surface area contributed by atoms with Crippen LogP contribution in [0.2, 0.25) is 0 Å². The van der Waals surface area contributed by atoms with Gasteiger partial charge in [-0.25, -0.2) is 4.99 Å². The molecule has 1 aliphatic heterocycles. The zero-order valence-corrected chi connectivity index (χ0v) is 9.23. The van der Waals surface area contributed by atoms with Crippen LogP contribution >= 0.6 is 0 Å². The highest BCUT2D eigenvalue weighted by atomic mass is 16.2. The van der Waals surface area contributed by atoms with E-state index >= 15 is 0 Å². The molecule has 0 fully saturated rings. The van der Waals surface area contributed by atoms with E-state index in [4.69, 9.17) is 5.73 Å². The van der Waals surface area contributed by atoms with Crippen LogP contribution in [0.1, 0.15) is 18.9 Å². The van der Waals surface area contributed by atoms with Crippen molar-refractivity contribution < 1.29 is 4.79 Å². The lowest BCUT2D eigenvalue weighted by Gasteiger charge is -2.16. The van der Waals surface area contributed by atoms with Crippen LogP contribution < -0.4 is 11.1 Å². The molecule has 4 nitrogen and oxygen atoms in total. The summed E-state index contributed by atoms with van der Waals surface area (Å²) in [6.45, 7) is 1.81. The summed E-state index contributed by atoms with van der Waals surface area (Å²) in [6, 6.07) is 10.0. The molecule has 0 saturated heterocycles. The smallest absolute Gasteiger partial charge is 0.254 e. The van der Waals surface area contributed by atoms with Crippen molar-refractivity contribution in [1.82, 2.24) is 5.32 Å². The molecule has 0 aliphatic carbocycles. The second-order valence-corrected chi connectivity index (χ2v) is 4.21. The number of guanidine groups is 1. The summed E-state index contributed by atoms with van der Waals surface area (Å²) in [7, 11) is 0. The molecule has 1 aromatic carbocycles. The van der Waals surface area contributed by atoms with E-state index in [9.17, 15) is 4.79 Å². The molecular weight excluding hydrogens is 202 g/mol. The fourth-order valence-electron chi connectivity index (χ4n) is 1.80. The molecule has 1 amide bonds. The molecule has 0 spiro atoms. The Labute approximate surface area is 94.6 Å². The van der Waals surface area contributed by atoms with Crippen LogP contribution in [0.25, 0.3) is 0 Å². The number of amides is 1. The zero-order valence-electron chi connectivity index (χ0n) is 9.23. The first-order valence-electron chi connectivity index (χ1n) is 5.31. The largest absolute Gasteiger partial charge is 0.370 e. The molecule has 3 N–H and O–H groups in total. The topological polar surface area (TPSA) is 67.5 Å². The maximum Gasteiger partial charge on any atom is 0.254 e. The number of nitrogens with zero attached hydrogens (tertiary/aromatic N) is 1. The highest BCUT2D eigenvalue weighted by molar-refractivity contribution is 6.06. The molecule has 0 bridgehead atoms. The summed E-state index contributed by atoms with van der Waals surface area (Å²) < 4.78 is 0. The van der Waals surface area contributed by atoms with Gasteiger partial charge < -0.3 is 5.73 Å². The van der Waals surface area contributed by atoms with Gasteiger partial charge in [0, 0.05) is 0 Å². The number of carbonyl (C=O) groups is 1. The summed E-state index contributed by atoms with van der Waals surface area (Å²) >= 11 is 0. The van der Waals surface area contributed by atoms with Crippen LogP contribution in [-0.4, -0.2) is 17.4 Å². The van der Waals surface area contributed by atoms with Gasteiger partial charge in [0.25, 0.3) is 5.91 Å². The number of hydrogen-bond donors (Lipinski definition) is 2. The standard InChI is InChI=1S/C12H15N3O/c1-12(10(16)14-11(13)15-12)8-7-9-5-3-2-4-6-9/h2-6H,7-8H2,1H3,(H3,13,14,15,16). The number of aliphatic imine (C=N–C) groups is 1. The normalized spacial score (nSPS) is 24.1. The van der Waals surface area contributed by atoms with Crippen LogP contribution in [0.4, 0.5) is 0 Å². The maximum atomic E-state index is 11.6. The van der Waals surface area contributed by atoms with Gasteiger partial charge in [-0.15, -0.1) is 0 Å². The van der Waals surface area contributed by atoms with Gasteiger partial charge in [-0.3, -0.25) is 10.1 Å². The van der Waals surface area contributed by atoms with Gasteiger partial charge in [-0.1, -0.05) is 30.3 Å². The van der Waals surface area contributed by atoms with Crippen molar-refractivity contribution in [3.63, 3.8) is 0 Å². The summed E-state index contributed by atoms with van der Waals surface area (Å²) in [5.74, 6) is 0.112. The third-order valence-electron chi connectivity index (χ3n) is 2.84. The predicted molar refractivity (Wildman–Crippen MR) is 62.9 cm³/mol. The number of hydrogen-bond acceptors (Lipinski definition) is 3. The molecule has 0 radical (unpaired) electrons. The van der Waals surface area contributed by atoms with Gasteiger partial charge in [0.2, 0.25) is 0 Å². The molecule has 2 rings (SSSR count). The number of carbonyl (C=O) groups excluding carboxylic acids is 1. The third-order valence-corrected chi connectivity index (χ3v) is 2.84. The minimum absolute atomic E-state index is 0.110. The van der Waals surface area contributed by atoms with E-state index in [-0.39, 0.29) is 11.9 Å². The van der Waals surface area contributed by atoms with Gasteiger partial charge in [0.1, 0.15) is 5.54 Å². The van der Waals surface area contributed by atoms with Crippen molar-refractivity contribution in [2.75, 3.05) is 0 Å². The van der Waals surface area contributed by atoms with E-state index in [1.54, 1.807) is 0 Å². The Hall–Kier alpha value is -1.84. The second kappa shape index (κ2) is 3.96. The van der Waals surface area contributed by atoms with E-state index in [1.807, 2.05) is 37.3 Å². The lowest BCUT2D eigenvalue weighted by atomic mass is 9.94. The molecule has 1 heterocycles. The summed E-state index contributed by atoms with van der Waals surface area (Å²) in [5.41, 5.74) is 5.99. The molecular formula is C12H15N3O. The van der Waals surface area contributed by atoms with Crippen LogP contribution in [0.3, 0.4) is 0 Å². The molecule has 0 aromatic heterocycles. The van der Waals surface area contributed by atoms with E-state index in [0.29, 0.717) is 6.42 Å². The van der Waals surface area contributed by atoms with Crippen LogP contribution in [0, 0.1) is 0 Å². The first-order valence-corrected chi connectivity index (χ1v) is 5.31. The summed E-state index contributed by atoms with van der Waals surface area (Å²) in [6.07, 6.45) is 1.49. The Bertz CT molecular complexity index is 427. The van der Waals surface area contributed by atoms with Crippen LogP contribution in [0.5, 0.6) is 0 Å². The SMILES string of the molecule is CC1(CCc2ccccc2)N=C(N)NC1=O. The van der Waals surface area contributed by atoms with Crippen molar-refractivity contribution in [2.24, 2.45) is 10.7 Å². The van der Waals surface area contributed by atoms with Crippen molar-refractivity contribution in [1.29, 1.82) is 0 Å². The molecule has 4 heteroatoms. The number of aryl methyl sites for hydroxylation is 1. The van der Waals surface area contributed by atoms with Crippen LogP contribution in [0.15, 0.2) is 35.3 Å². The first-order chi connectivity index (χ1) is 7.60. The first kappa shape index (κ1) is 10.7. The molecule has 0 saturated carbocycles. The van der Waals surface area contributed by atoms with Gasteiger partial charge in [0.05, 0.1) is 0 Å². The molecule has 1 aliphatic rings. The van der Waals surface area contributed by atoms with E-state index in [1.165, 1.54) is 5.56 Å². The lowest BCUT2D eigenvalue weighted by Crippen LogP contribution is -2.39. The fraction of sp³-hybridized carbons (Fsp3) is 0.333. The van der Waals surface area contributed by atoms with Crippen molar-refractivity contribution >= 4 is 11.9 Å². The fourth-order valence-corrected chi connectivity index (χ4v) is 1.80. The van der Waals surface area contributed by atoms with E-state index < -0.39 is 5.54 Å². The van der Waals surface area contributed by atoms with Crippen molar-refractivity contribution in [3.8, 4) is 0 Å². The average molecular weight is 217 g/mol. The molecule has 1 atom stereocenters. The predicted octanol–water partition coefficient (Wildman–Crippen LogP) is 0.822. The molecule has 84 valence electrons. The Morgan fingerprint density at radius 1 is 1.38 bits per heavy atom. The van der Waals surface area contributed by atoms with Gasteiger partial charge in [-0.05, 0) is 25.3 Å². The monoisotopic (exact) mass is 217 g/mol. The van der Waals surface area contributed by atoms with E-state index in [2.05, 4.69) is 10.3 Å². The Morgan fingerprint density at radius 2 is 2.06 bits per heavy atom. The van der Waals surface area contributed by atoms with Crippen molar-refractivity contribution in [3.05, 3.63) is 35.9 Å². The third kappa shape index (κ3) is 2.05.